The van der Waals surface area contributed by atoms with Gasteiger partial charge in [0.2, 0.25) is 0 Å². The molecule has 2 aromatic carbocycles. The van der Waals surface area contributed by atoms with Crippen LogP contribution in [0.5, 0.6) is 0 Å². The second-order valence-corrected chi connectivity index (χ2v) is 8.25. The fraction of sp³-hybridized carbons (Fsp3) is 0.0952. The number of nitrogens with two attached hydrogens (primary N) is 1. The van der Waals surface area contributed by atoms with Crippen molar-refractivity contribution < 1.29 is 18.3 Å². The molecule has 3 rings (SSSR count). The van der Waals surface area contributed by atoms with Gasteiger partial charge < -0.3 is 16.2 Å². The van der Waals surface area contributed by atoms with E-state index in [1.54, 1.807) is 24.3 Å². The number of rotatable bonds is 8. The maximum absolute atomic E-state index is 12.7. The van der Waals surface area contributed by atoms with Gasteiger partial charge >= 0.3 is 0 Å². The first kappa shape index (κ1) is 20.4. The van der Waals surface area contributed by atoms with Crippen LogP contribution in [-0.4, -0.2) is 23.4 Å². The van der Waals surface area contributed by atoms with Gasteiger partial charge in [-0.2, -0.15) is 0 Å². The van der Waals surface area contributed by atoms with Gasteiger partial charge in [0.25, 0.3) is 15.9 Å². The Morgan fingerprint density at radius 1 is 1.00 bits per heavy atom. The zero-order valence-corrected chi connectivity index (χ0v) is 16.3. The molecule has 0 spiro atoms. The molecule has 4 N–H and O–H groups in total. The monoisotopic (exact) mass is 411 g/mol. The molecular weight excluding hydrogens is 390 g/mol. The molecule has 150 valence electrons. The maximum atomic E-state index is 12.7. The minimum Gasteiger partial charge on any atom is -0.503 e. The SMILES string of the molecule is NC(=O)/C(O)=C\c1ccn(S(=O)(=O)c2ccc(CNCc3ccccc3)cc2)c1. The lowest BCUT2D eigenvalue weighted by molar-refractivity contribution is -0.116. The maximum Gasteiger partial charge on any atom is 0.283 e. The van der Waals surface area contributed by atoms with Crippen LogP contribution in [-0.2, 0) is 27.9 Å². The Bertz CT molecular complexity index is 1120. The van der Waals surface area contributed by atoms with Crippen LogP contribution >= 0.6 is 0 Å². The van der Waals surface area contributed by atoms with Gasteiger partial charge in [0.1, 0.15) is 0 Å². The standard InChI is InChI=1S/C21H21N3O4S/c22-21(26)20(25)12-18-10-11-24(15-18)29(27,28)19-8-6-17(7-9-19)14-23-13-16-4-2-1-3-5-16/h1-12,15,23,25H,13-14H2,(H2,22,26)/b20-12+. The van der Waals surface area contributed by atoms with E-state index in [1.807, 2.05) is 30.3 Å². The third-order valence-electron chi connectivity index (χ3n) is 4.25. The first-order chi connectivity index (χ1) is 13.9. The van der Waals surface area contributed by atoms with E-state index in [4.69, 9.17) is 5.73 Å². The van der Waals surface area contributed by atoms with E-state index in [9.17, 15) is 18.3 Å². The van der Waals surface area contributed by atoms with Gasteiger partial charge in [-0.1, -0.05) is 42.5 Å². The van der Waals surface area contributed by atoms with Crippen LogP contribution in [0.1, 0.15) is 16.7 Å². The molecule has 0 bridgehead atoms. The summed E-state index contributed by atoms with van der Waals surface area (Å²) in [6.45, 7) is 1.33. The molecule has 3 aromatic rings. The van der Waals surface area contributed by atoms with Crippen molar-refractivity contribution in [2.24, 2.45) is 5.73 Å². The molecule has 1 amide bonds. The molecule has 0 saturated heterocycles. The highest BCUT2D eigenvalue weighted by atomic mass is 32.2. The normalized spacial score (nSPS) is 12.1. The van der Waals surface area contributed by atoms with Crippen molar-refractivity contribution >= 4 is 22.0 Å². The Morgan fingerprint density at radius 3 is 2.24 bits per heavy atom. The summed E-state index contributed by atoms with van der Waals surface area (Å²) in [5, 5.41) is 12.7. The number of nitrogens with one attached hydrogen (secondary N) is 1. The molecular formula is C21H21N3O4S. The summed E-state index contributed by atoms with van der Waals surface area (Å²) in [6, 6.07) is 18.1. The predicted molar refractivity (Wildman–Crippen MR) is 110 cm³/mol. The van der Waals surface area contributed by atoms with E-state index in [-0.39, 0.29) is 4.90 Å². The van der Waals surface area contributed by atoms with Gasteiger partial charge in [-0.25, -0.2) is 12.4 Å². The molecule has 0 saturated carbocycles. The van der Waals surface area contributed by atoms with E-state index in [0.717, 1.165) is 22.2 Å². The van der Waals surface area contributed by atoms with Gasteiger partial charge in [0.15, 0.2) is 5.76 Å². The fourth-order valence-corrected chi connectivity index (χ4v) is 3.91. The van der Waals surface area contributed by atoms with Gasteiger partial charge in [-0.15, -0.1) is 0 Å². The topological polar surface area (TPSA) is 114 Å². The lowest BCUT2D eigenvalue weighted by Crippen LogP contribution is -2.14. The Balaban J connectivity index is 1.68. The van der Waals surface area contributed by atoms with Gasteiger partial charge in [0.05, 0.1) is 4.90 Å². The minimum atomic E-state index is -3.79. The highest BCUT2D eigenvalue weighted by Crippen LogP contribution is 2.17. The number of carbonyl (C=O) groups is 1. The Morgan fingerprint density at radius 2 is 1.62 bits per heavy atom. The van der Waals surface area contributed by atoms with E-state index >= 15 is 0 Å². The zero-order valence-electron chi connectivity index (χ0n) is 15.5. The van der Waals surface area contributed by atoms with Crippen LogP contribution < -0.4 is 11.1 Å². The number of aromatic nitrogens is 1. The van der Waals surface area contributed by atoms with Crippen molar-refractivity contribution in [2.45, 2.75) is 18.0 Å². The second kappa shape index (κ2) is 8.76. The first-order valence-electron chi connectivity index (χ1n) is 8.84. The van der Waals surface area contributed by atoms with Crippen molar-refractivity contribution in [3.05, 3.63) is 95.5 Å². The molecule has 0 aliphatic rings. The number of primary amides is 1. The molecule has 0 fully saturated rings. The molecule has 0 aliphatic carbocycles. The molecule has 8 heteroatoms. The largest absolute Gasteiger partial charge is 0.503 e. The van der Waals surface area contributed by atoms with Crippen molar-refractivity contribution in [2.75, 3.05) is 0 Å². The quantitative estimate of drug-likeness (QED) is 0.389. The summed E-state index contributed by atoms with van der Waals surface area (Å²) in [4.78, 5) is 11.0. The average molecular weight is 411 g/mol. The third-order valence-corrected chi connectivity index (χ3v) is 5.90. The van der Waals surface area contributed by atoms with Crippen molar-refractivity contribution in [3.8, 4) is 0 Å². The Labute approximate surface area is 169 Å². The minimum absolute atomic E-state index is 0.134. The number of aliphatic hydroxyl groups excluding tert-OH is 1. The Kier molecular flexibility index (Phi) is 6.16. The first-order valence-corrected chi connectivity index (χ1v) is 10.3. The molecule has 0 aliphatic heterocycles. The number of aliphatic hydroxyl groups is 1. The van der Waals surface area contributed by atoms with Crippen LogP contribution in [0.4, 0.5) is 0 Å². The number of amides is 1. The highest BCUT2D eigenvalue weighted by Gasteiger charge is 2.16. The van der Waals surface area contributed by atoms with Crippen molar-refractivity contribution in [1.82, 2.24) is 9.29 Å². The van der Waals surface area contributed by atoms with Crippen LogP contribution in [0.15, 0.2) is 83.7 Å². The second-order valence-electron chi connectivity index (χ2n) is 6.41. The summed E-state index contributed by atoms with van der Waals surface area (Å²) in [6.07, 6.45) is 3.74. The molecule has 7 nitrogen and oxygen atoms in total. The van der Waals surface area contributed by atoms with E-state index in [2.05, 4.69) is 5.32 Å². The number of nitrogens with zero attached hydrogens (tertiary/aromatic N) is 1. The molecule has 1 aromatic heterocycles. The molecule has 0 atom stereocenters. The molecule has 1 heterocycles. The molecule has 29 heavy (non-hydrogen) atoms. The van der Waals surface area contributed by atoms with Crippen molar-refractivity contribution in [1.29, 1.82) is 0 Å². The summed E-state index contributed by atoms with van der Waals surface area (Å²) in [7, 11) is -3.79. The van der Waals surface area contributed by atoms with Crippen LogP contribution in [0.2, 0.25) is 0 Å². The summed E-state index contributed by atoms with van der Waals surface area (Å²) < 4.78 is 26.5. The zero-order chi connectivity index (χ0) is 20.9. The number of hydrogen-bond acceptors (Lipinski definition) is 5. The van der Waals surface area contributed by atoms with Gasteiger partial charge in [0, 0.05) is 25.5 Å². The lowest BCUT2D eigenvalue weighted by atomic mass is 10.2. The Hall–Kier alpha value is -3.36. The average Bonchev–Trinajstić information content (AvgIpc) is 3.18. The van der Waals surface area contributed by atoms with Gasteiger partial charge in [-0.3, -0.25) is 4.79 Å². The summed E-state index contributed by atoms with van der Waals surface area (Å²) in [5.74, 6) is -1.63. The smallest absolute Gasteiger partial charge is 0.283 e. The highest BCUT2D eigenvalue weighted by molar-refractivity contribution is 7.90. The third kappa shape index (κ3) is 5.13. The van der Waals surface area contributed by atoms with E-state index < -0.39 is 21.7 Å². The number of hydrogen-bond donors (Lipinski definition) is 3. The summed E-state index contributed by atoms with van der Waals surface area (Å²) >= 11 is 0. The summed E-state index contributed by atoms with van der Waals surface area (Å²) in [5.41, 5.74) is 7.43. The number of benzene rings is 2. The molecule has 0 unspecified atom stereocenters. The fourth-order valence-electron chi connectivity index (χ4n) is 2.70. The van der Waals surface area contributed by atoms with E-state index in [1.165, 1.54) is 24.0 Å². The van der Waals surface area contributed by atoms with Crippen LogP contribution in [0, 0.1) is 0 Å². The van der Waals surface area contributed by atoms with E-state index in [0.29, 0.717) is 12.1 Å². The lowest BCUT2D eigenvalue weighted by Gasteiger charge is -2.08. The van der Waals surface area contributed by atoms with Crippen LogP contribution in [0.3, 0.4) is 0 Å². The van der Waals surface area contributed by atoms with Gasteiger partial charge in [-0.05, 0) is 41.0 Å². The predicted octanol–water partition coefficient (Wildman–Crippen LogP) is 2.40. The van der Waals surface area contributed by atoms with Crippen LogP contribution in [0.25, 0.3) is 6.08 Å². The number of carbonyl (C=O) groups excluding carboxylic acids is 1. The molecule has 0 radical (unpaired) electrons. The van der Waals surface area contributed by atoms with Crippen molar-refractivity contribution in [3.63, 3.8) is 0 Å².